The monoisotopic (exact) mass is 284 g/mol. The highest BCUT2D eigenvalue weighted by Gasteiger charge is 2.12. The van der Waals surface area contributed by atoms with Gasteiger partial charge < -0.3 is 20.5 Å². The third kappa shape index (κ3) is 4.70. The lowest BCUT2D eigenvalue weighted by Crippen LogP contribution is -2.20. The van der Waals surface area contributed by atoms with E-state index < -0.39 is 0 Å². The Labute approximate surface area is 118 Å². The van der Waals surface area contributed by atoms with Gasteiger partial charge in [0.1, 0.15) is 4.99 Å². The molecular weight excluding hydrogens is 264 g/mol. The number of rotatable bonds is 8. The van der Waals surface area contributed by atoms with E-state index in [0.29, 0.717) is 37.2 Å². The Bertz CT molecular complexity index is 440. The van der Waals surface area contributed by atoms with Gasteiger partial charge in [-0.1, -0.05) is 12.2 Å². The Morgan fingerprint density at radius 2 is 2.00 bits per heavy atom. The maximum Gasteiger partial charge on any atom is 0.159 e. The SMILES string of the molecule is COCCOCCNc1nnc(C)c(C)c1C(N)=S. The first-order chi connectivity index (χ1) is 9.07. The molecule has 3 N–H and O–H groups in total. The van der Waals surface area contributed by atoms with Crippen LogP contribution < -0.4 is 11.1 Å². The number of aryl methyl sites for hydroxylation is 1. The fourth-order valence-electron chi connectivity index (χ4n) is 1.52. The molecule has 1 aromatic heterocycles. The van der Waals surface area contributed by atoms with E-state index in [-0.39, 0.29) is 0 Å². The number of nitrogens with zero attached hydrogens (tertiary/aromatic N) is 2. The summed E-state index contributed by atoms with van der Waals surface area (Å²) in [4.78, 5) is 0.318. The van der Waals surface area contributed by atoms with Crippen LogP contribution >= 0.6 is 12.2 Å². The minimum Gasteiger partial charge on any atom is -0.389 e. The summed E-state index contributed by atoms with van der Waals surface area (Å²) < 4.78 is 10.2. The molecule has 19 heavy (non-hydrogen) atoms. The molecule has 0 bridgehead atoms. The van der Waals surface area contributed by atoms with E-state index in [1.54, 1.807) is 7.11 Å². The molecular formula is C12H20N4O2S. The van der Waals surface area contributed by atoms with Crippen molar-refractivity contribution in [2.24, 2.45) is 5.73 Å². The van der Waals surface area contributed by atoms with Crippen molar-refractivity contribution in [3.8, 4) is 0 Å². The van der Waals surface area contributed by atoms with Crippen LogP contribution in [0.3, 0.4) is 0 Å². The van der Waals surface area contributed by atoms with Crippen molar-refractivity contribution >= 4 is 23.0 Å². The largest absolute Gasteiger partial charge is 0.389 e. The van der Waals surface area contributed by atoms with E-state index in [0.717, 1.165) is 16.8 Å². The second-order valence-corrected chi connectivity index (χ2v) is 4.47. The van der Waals surface area contributed by atoms with Gasteiger partial charge in [-0.3, -0.25) is 0 Å². The van der Waals surface area contributed by atoms with Gasteiger partial charge in [0, 0.05) is 13.7 Å². The average molecular weight is 284 g/mol. The maximum atomic E-state index is 5.73. The van der Waals surface area contributed by atoms with Crippen molar-refractivity contribution in [3.05, 3.63) is 16.8 Å². The Morgan fingerprint density at radius 1 is 1.26 bits per heavy atom. The highest BCUT2D eigenvalue weighted by Crippen LogP contribution is 2.17. The normalized spacial score (nSPS) is 10.5. The zero-order valence-electron chi connectivity index (χ0n) is 11.5. The van der Waals surface area contributed by atoms with Crippen LogP contribution in [0.4, 0.5) is 5.82 Å². The smallest absolute Gasteiger partial charge is 0.159 e. The molecule has 7 heteroatoms. The second-order valence-electron chi connectivity index (χ2n) is 4.03. The Morgan fingerprint density at radius 3 is 2.63 bits per heavy atom. The van der Waals surface area contributed by atoms with Gasteiger partial charge in [0.15, 0.2) is 5.82 Å². The fourth-order valence-corrected chi connectivity index (χ4v) is 1.77. The Balaban J connectivity index is 2.58. The average Bonchev–Trinajstić information content (AvgIpc) is 2.37. The van der Waals surface area contributed by atoms with Gasteiger partial charge in [-0.05, 0) is 19.4 Å². The van der Waals surface area contributed by atoms with E-state index in [9.17, 15) is 0 Å². The third-order valence-corrected chi connectivity index (χ3v) is 2.88. The first-order valence-corrected chi connectivity index (χ1v) is 6.43. The number of hydrogen-bond acceptors (Lipinski definition) is 6. The molecule has 0 spiro atoms. The van der Waals surface area contributed by atoms with Crippen molar-refractivity contribution in [1.29, 1.82) is 0 Å². The van der Waals surface area contributed by atoms with Gasteiger partial charge in [-0.15, -0.1) is 5.10 Å². The van der Waals surface area contributed by atoms with Crippen molar-refractivity contribution in [2.45, 2.75) is 13.8 Å². The zero-order chi connectivity index (χ0) is 14.3. The van der Waals surface area contributed by atoms with Gasteiger partial charge in [0.25, 0.3) is 0 Å². The number of hydrogen-bond donors (Lipinski definition) is 2. The molecule has 1 heterocycles. The van der Waals surface area contributed by atoms with Crippen LogP contribution in [0, 0.1) is 13.8 Å². The topological polar surface area (TPSA) is 82.3 Å². The molecule has 0 atom stereocenters. The summed E-state index contributed by atoms with van der Waals surface area (Å²) in [7, 11) is 1.64. The molecule has 0 amide bonds. The van der Waals surface area contributed by atoms with E-state index in [1.165, 1.54) is 0 Å². The minimum atomic E-state index is 0.318. The van der Waals surface area contributed by atoms with Gasteiger partial charge in [0.05, 0.1) is 31.1 Å². The predicted molar refractivity (Wildman–Crippen MR) is 78.6 cm³/mol. The van der Waals surface area contributed by atoms with Crippen molar-refractivity contribution < 1.29 is 9.47 Å². The highest BCUT2D eigenvalue weighted by atomic mass is 32.1. The van der Waals surface area contributed by atoms with E-state index in [1.807, 2.05) is 13.8 Å². The van der Waals surface area contributed by atoms with Crippen molar-refractivity contribution in [3.63, 3.8) is 0 Å². The number of methoxy groups -OCH3 is 1. The predicted octanol–water partition coefficient (Wildman–Crippen LogP) is 0.803. The molecule has 0 saturated heterocycles. The van der Waals surface area contributed by atoms with Crippen LogP contribution in [0.1, 0.15) is 16.8 Å². The Hall–Kier alpha value is -1.31. The standard InChI is InChI=1S/C12H20N4O2S/c1-8-9(2)15-16-12(10(8)11(13)19)14-4-5-18-7-6-17-3/h4-7H2,1-3H3,(H2,13,19)(H,14,16). The molecule has 1 rings (SSSR count). The molecule has 0 saturated carbocycles. The summed E-state index contributed by atoms with van der Waals surface area (Å²) >= 11 is 5.06. The van der Waals surface area contributed by atoms with Crippen molar-refractivity contribution in [2.75, 3.05) is 38.8 Å². The molecule has 0 aliphatic carbocycles. The van der Waals surface area contributed by atoms with Gasteiger partial charge in [0.2, 0.25) is 0 Å². The fraction of sp³-hybridized carbons (Fsp3) is 0.583. The number of nitrogens with one attached hydrogen (secondary N) is 1. The van der Waals surface area contributed by atoms with Gasteiger partial charge >= 0.3 is 0 Å². The first-order valence-electron chi connectivity index (χ1n) is 6.02. The first kappa shape index (κ1) is 15.7. The van der Waals surface area contributed by atoms with Gasteiger partial charge in [-0.2, -0.15) is 5.10 Å². The second kappa shape index (κ2) is 7.98. The lowest BCUT2D eigenvalue weighted by Gasteiger charge is -2.13. The molecule has 0 aliphatic rings. The number of ether oxygens (including phenoxy) is 2. The summed E-state index contributed by atoms with van der Waals surface area (Å²) in [6.07, 6.45) is 0. The highest BCUT2D eigenvalue weighted by molar-refractivity contribution is 7.80. The maximum absolute atomic E-state index is 5.73. The summed E-state index contributed by atoms with van der Waals surface area (Å²) in [5.74, 6) is 0.603. The summed E-state index contributed by atoms with van der Waals surface area (Å²) in [6, 6.07) is 0. The van der Waals surface area contributed by atoms with Crippen LogP contribution in [-0.4, -0.2) is 48.7 Å². The minimum absolute atomic E-state index is 0.318. The molecule has 106 valence electrons. The van der Waals surface area contributed by atoms with Crippen LogP contribution in [0.25, 0.3) is 0 Å². The summed E-state index contributed by atoms with van der Waals surface area (Å²) in [5, 5.41) is 11.3. The quantitative estimate of drug-likeness (QED) is 0.540. The van der Waals surface area contributed by atoms with Gasteiger partial charge in [-0.25, -0.2) is 0 Å². The number of nitrogens with two attached hydrogens (primary N) is 1. The zero-order valence-corrected chi connectivity index (χ0v) is 12.3. The van der Waals surface area contributed by atoms with Crippen LogP contribution in [0.2, 0.25) is 0 Å². The molecule has 1 aromatic rings. The van der Waals surface area contributed by atoms with Crippen LogP contribution in [0.5, 0.6) is 0 Å². The molecule has 0 fully saturated rings. The van der Waals surface area contributed by atoms with Crippen molar-refractivity contribution in [1.82, 2.24) is 10.2 Å². The molecule has 0 aromatic carbocycles. The third-order valence-electron chi connectivity index (χ3n) is 2.67. The van der Waals surface area contributed by atoms with E-state index >= 15 is 0 Å². The Kier molecular flexibility index (Phi) is 6.61. The lowest BCUT2D eigenvalue weighted by atomic mass is 10.1. The number of aromatic nitrogens is 2. The molecule has 0 unspecified atom stereocenters. The molecule has 6 nitrogen and oxygen atoms in total. The van der Waals surface area contributed by atoms with Crippen LogP contribution in [-0.2, 0) is 9.47 Å². The molecule has 0 aliphatic heterocycles. The number of anilines is 1. The van der Waals surface area contributed by atoms with E-state index in [2.05, 4.69) is 15.5 Å². The van der Waals surface area contributed by atoms with Crippen LogP contribution in [0.15, 0.2) is 0 Å². The summed E-state index contributed by atoms with van der Waals surface area (Å²) in [6.45, 7) is 6.12. The van der Waals surface area contributed by atoms with E-state index in [4.69, 9.17) is 27.4 Å². The lowest BCUT2D eigenvalue weighted by molar-refractivity contribution is 0.0759. The summed E-state index contributed by atoms with van der Waals surface area (Å²) in [5.41, 5.74) is 8.25. The number of thiocarbonyl (C=S) groups is 1. The molecule has 0 radical (unpaired) electrons.